The fourth-order valence-electron chi connectivity index (χ4n) is 1.44. The minimum Gasteiger partial charge on any atom is -0.465 e. The molecule has 1 rings (SSSR count). The van der Waals surface area contributed by atoms with Crippen LogP contribution in [0.1, 0.15) is 38.2 Å². The third-order valence-electron chi connectivity index (χ3n) is 2.64. The van der Waals surface area contributed by atoms with Crippen molar-refractivity contribution in [1.29, 1.82) is 0 Å². The first kappa shape index (κ1) is 13.8. The SMILES string of the molecule is CCC(C)NC(=O)CCNCc1ccc(C)o1. The third kappa shape index (κ3) is 5.54. The molecular weight excluding hydrogens is 216 g/mol. The van der Waals surface area contributed by atoms with E-state index < -0.39 is 0 Å². The molecule has 0 bridgehead atoms. The second kappa shape index (κ2) is 7.12. The fraction of sp³-hybridized carbons (Fsp3) is 0.615. The van der Waals surface area contributed by atoms with Crippen molar-refractivity contribution in [1.82, 2.24) is 10.6 Å². The molecule has 1 aromatic rings. The largest absolute Gasteiger partial charge is 0.465 e. The molecule has 0 aliphatic rings. The molecule has 0 aliphatic carbocycles. The van der Waals surface area contributed by atoms with Crippen molar-refractivity contribution in [3.05, 3.63) is 23.7 Å². The highest BCUT2D eigenvalue weighted by Crippen LogP contribution is 2.05. The Labute approximate surface area is 103 Å². The lowest BCUT2D eigenvalue weighted by Crippen LogP contribution is -2.33. The molecule has 0 aliphatic heterocycles. The van der Waals surface area contributed by atoms with E-state index >= 15 is 0 Å². The van der Waals surface area contributed by atoms with E-state index in [1.807, 2.05) is 26.0 Å². The van der Waals surface area contributed by atoms with Crippen molar-refractivity contribution >= 4 is 5.91 Å². The lowest BCUT2D eigenvalue weighted by Gasteiger charge is -2.11. The van der Waals surface area contributed by atoms with Crippen molar-refractivity contribution in [3.63, 3.8) is 0 Å². The first-order chi connectivity index (χ1) is 8.11. The van der Waals surface area contributed by atoms with E-state index in [2.05, 4.69) is 17.6 Å². The zero-order valence-electron chi connectivity index (χ0n) is 10.9. The smallest absolute Gasteiger partial charge is 0.221 e. The van der Waals surface area contributed by atoms with E-state index in [1.165, 1.54) is 0 Å². The van der Waals surface area contributed by atoms with Crippen LogP contribution in [0.2, 0.25) is 0 Å². The second-order valence-electron chi connectivity index (χ2n) is 4.32. The predicted octanol–water partition coefficient (Wildman–Crippen LogP) is 1.98. The molecule has 1 unspecified atom stereocenters. The monoisotopic (exact) mass is 238 g/mol. The molecule has 0 fully saturated rings. The summed E-state index contributed by atoms with van der Waals surface area (Å²) >= 11 is 0. The van der Waals surface area contributed by atoms with E-state index in [4.69, 9.17) is 4.42 Å². The molecular formula is C13H22N2O2. The van der Waals surface area contributed by atoms with E-state index in [-0.39, 0.29) is 11.9 Å². The van der Waals surface area contributed by atoms with Crippen molar-refractivity contribution < 1.29 is 9.21 Å². The van der Waals surface area contributed by atoms with Crippen LogP contribution in [0.4, 0.5) is 0 Å². The van der Waals surface area contributed by atoms with Crippen LogP contribution in [0.5, 0.6) is 0 Å². The Balaban J connectivity index is 2.10. The Bertz CT molecular complexity index is 347. The number of amides is 1. The fourth-order valence-corrected chi connectivity index (χ4v) is 1.44. The van der Waals surface area contributed by atoms with Gasteiger partial charge in [-0.3, -0.25) is 4.79 Å². The van der Waals surface area contributed by atoms with Gasteiger partial charge >= 0.3 is 0 Å². The Hall–Kier alpha value is -1.29. The predicted molar refractivity (Wildman–Crippen MR) is 67.7 cm³/mol. The standard InChI is InChI=1S/C13H22N2O2/c1-4-10(2)15-13(16)7-8-14-9-12-6-5-11(3)17-12/h5-6,10,14H,4,7-9H2,1-3H3,(H,15,16). The van der Waals surface area contributed by atoms with Gasteiger partial charge in [-0.05, 0) is 32.4 Å². The lowest BCUT2D eigenvalue weighted by atomic mass is 10.2. The van der Waals surface area contributed by atoms with Gasteiger partial charge in [0.25, 0.3) is 0 Å². The van der Waals surface area contributed by atoms with Crippen LogP contribution >= 0.6 is 0 Å². The highest BCUT2D eigenvalue weighted by molar-refractivity contribution is 5.76. The summed E-state index contributed by atoms with van der Waals surface area (Å²) in [5, 5.41) is 6.11. The number of hydrogen-bond acceptors (Lipinski definition) is 3. The molecule has 4 nitrogen and oxygen atoms in total. The van der Waals surface area contributed by atoms with E-state index in [0.29, 0.717) is 19.5 Å². The lowest BCUT2D eigenvalue weighted by molar-refractivity contribution is -0.121. The van der Waals surface area contributed by atoms with Gasteiger partial charge in [-0.1, -0.05) is 6.92 Å². The Morgan fingerprint density at radius 2 is 2.24 bits per heavy atom. The summed E-state index contributed by atoms with van der Waals surface area (Å²) < 4.78 is 5.41. The Kier molecular flexibility index (Phi) is 5.77. The summed E-state index contributed by atoms with van der Waals surface area (Å²) in [7, 11) is 0. The van der Waals surface area contributed by atoms with Crippen LogP contribution in [-0.2, 0) is 11.3 Å². The van der Waals surface area contributed by atoms with Crippen molar-refractivity contribution in [2.75, 3.05) is 6.54 Å². The number of rotatable bonds is 7. The number of nitrogens with one attached hydrogen (secondary N) is 2. The average molecular weight is 238 g/mol. The van der Waals surface area contributed by atoms with Gasteiger partial charge in [0, 0.05) is 19.0 Å². The summed E-state index contributed by atoms with van der Waals surface area (Å²) in [5.74, 6) is 1.92. The minimum atomic E-state index is 0.0995. The van der Waals surface area contributed by atoms with Crippen LogP contribution < -0.4 is 10.6 Å². The summed E-state index contributed by atoms with van der Waals surface area (Å²) in [6.07, 6.45) is 1.47. The summed E-state index contributed by atoms with van der Waals surface area (Å²) in [5.41, 5.74) is 0. The molecule has 96 valence electrons. The molecule has 1 atom stereocenters. The van der Waals surface area contributed by atoms with Crippen LogP contribution in [0.3, 0.4) is 0 Å². The second-order valence-corrected chi connectivity index (χ2v) is 4.32. The first-order valence-corrected chi connectivity index (χ1v) is 6.17. The molecule has 0 spiro atoms. The molecule has 1 heterocycles. The molecule has 0 aromatic carbocycles. The van der Waals surface area contributed by atoms with Gasteiger partial charge in [-0.25, -0.2) is 0 Å². The Morgan fingerprint density at radius 3 is 2.82 bits per heavy atom. The quantitative estimate of drug-likeness (QED) is 0.714. The Morgan fingerprint density at radius 1 is 1.47 bits per heavy atom. The first-order valence-electron chi connectivity index (χ1n) is 6.17. The number of hydrogen-bond donors (Lipinski definition) is 2. The van der Waals surface area contributed by atoms with Gasteiger partial charge in [0.15, 0.2) is 0 Å². The van der Waals surface area contributed by atoms with Crippen molar-refractivity contribution in [2.45, 2.75) is 46.2 Å². The number of carbonyl (C=O) groups excluding carboxylic acids is 1. The van der Waals surface area contributed by atoms with E-state index in [9.17, 15) is 4.79 Å². The maximum atomic E-state index is 11.5. The molecule has 1 aromatic heterocycles. The molecule has 2 N–H and O–H groups in total. The maximum absolute atomic E-state index is 11.5. The zero-order valence-corrected chi connectivity index (χ0v) is 10.9. The molecule has 1 amide bonds. The van der Waals surface area contributed by atoms with Crippen LogP contribution in [-0.4, -0.2) is 18.5 Å². The molecule has 17 heavy (non-hydrogen) atoms. The van der Waals surface area contributed by atoms with E-state index in [1.54, 1.807) is 0 Å². The van der Waals surface area contributed by atoms with Crippen molar-refractivity contribution in [3.8, 4) is 0 Å². The van der Waals surface area contributed by atoms with Gasteiger partial charge in [-0.15, -0.1) is 0 Å². The topological polar surface area (TPSA) is 54.3 Å². The normalized spacial score (nSPS) is 12.4. The van der Waals surface area contributed by atoms with Gasteiger partial charge in [-0.2, -0.15) is 0 Å². The van der Waals surface area contributed by atoms with E-state index in [0.717, 1.165) is 17.9 Å². The summed E-state index contributed by atoms with van der Waals surface area (Å²) in [6, 6.07) is 4.14. The number of furan rings is 1. The van der Waals surface area contributed by atoms with Crippen molar-refractivity contribution in [2.24, 2.45) is 0 Å². The number of aryl methyl sites for hydroxylation is 1. The minimum absolute atomic E-state index is 0.0995. The van der Waals surface area contributed by atoms with Crippen LogP contribution in [0.15, 0.2) is 16.5 Å². The molecule has 0 radical (unpaired) electrons. The molecule has 0 saturated carbocycles. The van der Waals surface area contributed by atoms with Gasteiger partial charge in [0.1, 0.15) is 11.5 Å². The van der Waals surface area contributed by atoms with Gasteiger partial charge in [0.05, 0.1) is 6.54 Å². The number of carbonyl (C=O) groups is 1. The maximum Gasteiger partial charge on any atom is 0.221 e. The molecule has 4 heteroatoms. The van der Waals surface area contributed by atoms with Gasteiger partial charge in [0.2, 0.25) is 5.91 Å². The average Bonchev–Trinajstić information content (AvgIpc) is 2.70. The summed E-state index contributed by atoms with van der Waals surface area (Å²) in [6.45, 7) is 7.33. The summed E-state index contributed by atoms with van der Waals surface area (Å²) in [4.78, 5) is 11.5. The van der Waals surface area contributed by atoms with Gasteiger partial charge < -0.3 is 15.1 Å². The highest BCUT2D eigenvalue weighted by Gasteiger charge is 2.05. The van der Waals surface area contributed by atoms with Crippen LogP contribution in [0.25, 0.3) is 0 Å². The molecule has 0 saturated heterocycles. The van der Waals surface area contributed by atoms with Crippen LogP contribution in [0, 0.1) is 6.92 Å². The zero-order chi connectivity index (χ0) is 12.7. The highest BCUT2D eigenvalue weighted by atomic mass is 16.3. The third-order valence-corrected chi connectivity index (χ3v) is 2.64.